The van der Waals surface area contributed by atoms with Crippen molar-refractivity contribution in [1.82, 2.24) is 19.4 Å². The summed E-state index contributed by atoms with van der Waals surface area (Å²) in [5.74, 6) is -0.533. The summed E-state index contributed by atoms with van der Waals surface area (Å²) in [6.45, 7) is -0.220. The fourth-order valence-corrected chi connectivity index (χ4v) is 5.18. The SMILES string of the molecule is COC(=O)Cn1cccc(-c2nc3ccccc3n(C3CC4CCCC(C3)N4)c2=O)c1=O. The molecule has 0 amide bonds. The number of aromatic nitrogens is 3. The maximum Gasteiger partial charge on any atom is 0.325 e. The second kappa shape index (κ2) is 8.35. The third-order valence-electron chi connectivity index (χ3n) is 6.65. The van der Waals surface area contributed by atoms with Crippen molar-refractivity contribution < 1.29 is 9.53 Å². The molecule has 4 heterocycles. The van der Waals surface area contributed by atoms with Gasteiger partial charge in [-0.2, -0.15) is 0 Å². The smallest absolute Gasteiger partial charge is 0.325 e. The van der Waals surface area contributed by atoms with Crippen molar-refractivity contribution in [2.24, 2.45) is 0 Å². The van der Waals surface area contributed by atoms with E-state index in [9.17, 15) is 14.4 Å². The molecule has 2 bridgehead atoms. The minimum absolute atomic E-state index is 0.0479. The highest BCUT2D eigenvalue weighted by atomic mass is 16.5. The average molecular weight is 434 g/mol. The Morgan fingerprint density at radius 2 is 1.84 bits per heavy atom. The first-order valence-corrected chi connectivity index (χ1v) is 11.1. The zero-order valence-electron chi connectivity index (χ0n) is 18.0. The summed E-state index contributed by atoms with van der Waals surface area (Å²) < 4.78 is 7.78. The van der Waals surface area contributed by atoms with Gasteiger partial charge >= 0.3 is 5.97 Å². The monoisotopic (exact) mass is 434 g/mol. The van der Waals surface area contributed by atoms with Crippen molar-refractivity contribution in [2.75, 3.05) is 7.11 Å². The van der Waals surface area contributed by atoms with Crippen LogP contribution in [0.3, 0.4) is 0 Å². The van der Waals surface area contributed by atoms with Crippen LogP contribution in [0.5, 0.6) is 0 Å². The van der Waals surface area contributed by atoms with Crippen LogP contribution in [-0.4, -0.2) is 39.3 Å². The molecule has 166 valence electrons. The minimum Gasteiger partial charge on any atom is -0.468 e. The number of ether oxygens (including phenoxy) is 1. The molecule has 2 aromatic heterocycles. The lowest BCUT2D eigenvalue weighted by Crippen LogP contribution is -2.50. The number of para-hydroxylation sites is 2. The predicted octanol–water partition coefficient (Wildman–Crippen LogP) is 2.24. The predicted molar refractivity (Wildman–Crippen MR) is 121 cm³/mol. The van der Waals surface area contributed by atoms with Crippen molar-refractivity contribution in [3.8, 4) is 11.3 Å². The number of benzene rings is 1. The lowest BCUT2D eigenvalue weighted by Gasteiger charge is -2.41. The van der Waals surface area contributed by atoms with Gasteiger partial charge in [-0.1, -0.05) is 18.6 Å². The molecule has 2 saturated heterocycles. The number of carbonyl (C=O) groups excluding carboxylic acids is 1. The fourth-order valence-electron chi connectivity index (χ4n) is 5.18. The van der Waals surface area contributed by atoms with Crippen LogP contribution in [0.25, 0.3) is 22.3 Å². The Kier molecular flexibility index (Phi) is 5.38. The highest BCUT2D eigenvalue weighted by molar-refractivity contribution is 5.78. The van der Waals surface area contributed by atoms with Crippen LogP contribution in [0.2, 0.25) is 0 Å². The maximum atomic E-state index is 13.8. The molecule has 32 heavy (non-hydrogen) atoms. The molecule has 3 aromatic rings. The molecule has 0 saturated carbocycles. The van der Waals surface area contributed by atoms with Crippen molar-refractivity contribution in [2.45, 2.75) is 56.8 Å². The number of hydrogen-bond donors (Lipinski definition) is 1. The largest absolute Gasteiger partial charge is 0.468 e. The van der Waals surface area contributed by atoms with Gasteiger partial charge < -0.3 is 19.2 Å². The third kappa shape index (κ3) is 3.64. The van der Waals surface area contributed by atoms with E-state index in [1.165, 1.54) is 24.3 Å². The molecule has 8 nitrogen and oxygen atoms in total. The van der Waals surface area contributed by atoms with E-state index >= 15 is 0 Å². The molecule has 1 N–H and O–H groups in total. The second-order valence-corrected chi connectivity index (χ2v) is 8.67. The van der Waals surface area contributed by atoms with Gasteiger partial charge in [-0.05, 0) is 49.9 Å². The molecular weight excluding hydrogens is 408 g/mol. The summed E-state index contributed by atoms with van der Waals surface area (Å²) >= 11 is 0. The van der Waals surface area contributed by atoms with Crippen LogP contribution in [-0.2, 0) is 16.1 Å². The van der Waals surface area contributed by atoms with E-state index < -0.39 is 11.5 Å². The maximum absolute atomic E-state index is 13.8. The Morgan fingerprint density at radius 3 is 2.59 bits per heavy atom. The normalized spacial score (nSPS) is 22.6. The van der Waals surface area contributed by atoms with E-state index in [0.29, 0.717) is 17.6 Å². The Balaban J connectivity index is 1.67. The number of nitrogens with zero attached hydrogens (tertiary/aromatic N) is 3. The van der Waals surface area contributed by atoms with E-state index in [1.54, 1.807) is 12.1 Å². The van der Waals surface area contributed by atoms with Crippen molar-refractivity contribution in [1.29, 1.82) is 0 Å². The van der Waals surface area contributed by atoms with E-state index in [-0.39, 0.29) is 29.4 Å². The summed E-state index contributed by atoms with van der Waals surface area (Å²) in [7, 11) is 1.27. The number of piperidine rings is 2. The first kappa shape index (κ1) is 20.6. The molecule has 2 aliphatic heterocycles. The number of methoxy groups -OCH3 is 1. The van der Waals surface area contributed by atoms with Gasteiger partial charge in [0.05, 0.1) is 23.7 Å². The number of hydrogen-bond acceptors (Lipinski definition) is 6. The summed E-state index contributed by atoms with van der Waals surface area (Å²) in [6, 6.07) is 11.7. The van der Waals surface area contributed by atoms with Crippen LogP contribution in [0, 0.1) is 0 Å². The summed E-state index contributed by atoms with van der Waals surface area (Å²) in [6.07, 6.45) is 6.73. The van der Waals surface area contributed by atoms with Crippen molar-refractivity contribution in [3.63, 3.8) is 0 Å². The summed E-state index contributed by atoms with van der Waals surface area (Å²) in [5, 5.41) is 3.68. The molecule has 2 fully saturated rings. The van der Waals surface area contributed by atoms with Gasteiger partial charge in [0.15, 0.2) is 0 Å². The highest BCUT2D eigenvalue weighted by Gasteiger charge is 2.33. The molecule has 2 aliphatic rings. The van der Waals surface area contributed by atoms with Crippen LogP contribution < -0.4 is 16.4 Å². The first-order valence-electron chi connectivity index (χ1n) is 11.1. The van der Waals surface area contributed by atoms with E-state index in [2.05, 4.69) is 15.0 Å². The van der Waals surface area contributed by atoms with Gasteiger partial charge in [0.1, 0.15) is 12.2 Å². The molecule has 0 radical (unpaired) electrons. The topological polar surface area (TPSA) is 95.2 Å². The first-order chi connectivity index (χ1) is 15.5. The molecule has 2 unspecified atom stereocenters. The van der Waals surface area contributed by atoms with Gasteiger partial charge in [0.2, 0.25) is 0 Å². The molecule has 1 aromatic carbocycles. The molecule has 2 atom stereocenters. The quantitative estimate of drug-likeness (QED) is 0.633. The standard InChI is InChI=1S/C24H26N4O4/c1-32-21(29)14-27-11-5-8-18(23(27)30)22-24(31)28(20-10-3-2-9-19(20)26-22)17-12-15-6-4-7-16(13-17)25-15/h2-3,5,8-11,15-17,25H,4,6-7,12-14H2,1H3. The Labute approximate surface area is 184 Å². The van der Waals surface area contributed by atoms with Crippen LogP contribution in [0.1, 0.15) is 38.1 Å². The summed E-state index contributed by atoms with van der Waals surface area (Å²) in [5.41, 5.74) is 1.07. The van der Waals surface area contributed by atoms with Crippen LogP contribution in [0.15, 0.2) is 52.2 Å². The van der Waals surface area contributed by atoms with E-state index in [0.717, 1.165) is 31.2 Å². The number of carbonyl (C=O) groups is 1. The van der Waals surface area contributed by atoms with E-state index in [1.807, 2.05) is 28.8 Å². The number of nitrogens with one attached hydrogen (secondary N) is 1. The second-order valence-electron chi connectivity index (χ2n) is 8.67. The van der Waals surface area contributed by atoms with E-state index in [4.69, 9.17) is 0 Å². The Hall–Kier alpha value is -3.26. The number of fused-ring (bicyclic) bond motifs is 3. The zero-order valence-corrected chi connectivity index (χ0v) is 18.0. The van der Waals surface area contributed by atoms with Crippen molar-refractivity contribution in [3.05, 3.63) is 63.3 Å². The lowest BCUT2D eigenvalue weighted by atomic mass is 9.84. The molecule has 8 heteroatoms. The third-order valence-corrected chi connectivity index (χ3v) is 6.65. The molecule has 0 aliphatic carbocycles. The molecule has 5 rings (SSSR count). The molecule has 0 spiro atoms. The lowest BCUT2D eigenvalue weighted by molar-refractivity contribution is -0.141. The van der Waals surface area contributed by atoms with Crippen LogP contribution >= 0.6 is 0 Å². The minimum atomic E-state index is -0.533. The van der Waals surface area contributed by atoms with Gasteiger partial charge in [0, 0.05) is 24.3 Å². The zero-order chi connectivity index (χ0) is 22.2. The van der Waals surface area contributed by atoms with Crippen LogP contribution in [0.4, 0.5) is 0 Å². The Morgan fingerprint density at radius 1 is 1.09 bits per heavy atom. The molecular formula is C24H26N4O4. The van der Waals surface area contributed by atoms with Gasteiger partial charge in [-0.15, -0.1) is 0 Å². The fraction of sp³-hybridized carbons (Fsp3) is 0.417. The number of rotatable bonds is 4. The van der Waals surface area contributed by atoms with Gasteiger partial charge in [-0.3, -0.25) is 14.4 Å². The number of esters is 1. The highest BCUT2D eigenvalue weighted by Crippen LogP contribution is 2.33. The van der Waals surface area contributed by atoms with Gasteiger partial charge in [0.25, 0.3) is 11.1 Å². The van der Waals surface area contributed by atoms with Crippen molar-refractivity contribution >= 4 is 17.0 Å². The average Bonchev–Trinajstić information content (AvgIpc) is 2.80. The summed E-state index contributed by atoms with van der Waals surface area (Å²) in [4.78, 5) is 43.2. The van der Waals surface area contributed by atoms with Gasteiger partial charge in [-0.25, -0.2) is 4.98 Å². The Bertz CT molecular complexity index is 1280. The number of pyridine rings is 1.